The minimum Gasteiger partial charge on any atom is -0.339 e. The minimum absolute atomic E-state index is 0.00197. The van der Waals surface area contributed by atoms with E-state index in [0.29, 0.717) is 32.6 Å². The van der Waals surface area contributed by atoms with Crippen LogP contribution >= 0.6 is 0 Å². The maximum Gasteiger partial charge on any atom is 0.317 e. The molecule has 1 heterocycles. The molecule has 1 aliphatic rings. The van der Waals surface area contributed by atoms with E-state index >= 15 is 0 Å². The van der Waals surface area contributed by atoms with Crippen LogP contribution in [0.1, 0.15) is 43.7 Å². The molecule has 5 heteroatoms. The van der Waals surface area contributed by atoms with E-state index in [2.05, 4.69) is 12.2 Å². The summed E-state index contributed by atoms with van der Waals surface area (Å²) < 4.78 is 0. The molecule has 0 aromatic heterocycles. The lowest BCUT2D eigenvalue weighted by atomic mass is 10.1. The fraction of sp³-hybridized carbons (Fsp3) is 0.600. The van der Waals surface area contributed by atoms with Gasteiger partial charge in [-0.15, -0.1) is 0 Å². The third kappa shape index (κ3) is 6.40. The first-order chi connectivity index (χ1) is 12.1. The number of unbranched alkanes of at least 4 members (excludes halogenated alkanes) is 3. The number of nitrogens with zero attached hydrogens (tertiary/aromatic N) is 2. The summed E-state index contributed by atoms with van der Waals surface area (Å²) >= 11 is 0. The summed E-state index contributed by atoms with van der Waals surface area (Å²) in [6.45, 7) is 7.42. The highest BCUT2D eigenvalue weighted by Crippen LogP contribution is 2.09. The molecular formula is C20H31N3O2. The monoisotopic (exact) mass is 345 g/mol. The van der Waals surface area contributed by atoms with Crippen LogP contribution in [0.3, 0.4) is 0 Å². The van der Waals surface area contributed by atoms with Gasteiger partial charge in [0, 0.05) is 32.7 Å². The summed E-state index contributed by atoms with van der Waals surface area (Å²) in [5, 5.41) is 2.98. The van der Waals surface area contributed by atoms with Crippen LogP contribution in [-0.4, -0.2) is 54.5 Å². The van der Waals surface area contributed by atoms with Gasteiger partial charge >= 0.3 is 6.03 Å². The summed E-state index contributed by atoms with van der Waals surface area (Å²) in [7, 11) is 0. The van der Waals surface area contributed by atoms with Gasteiger partial charge < -0.3 is 15.1 Å². The molecule has 1 aromatic carbocycles. The zero-order valence-corrected chi connectivity index (χ0v) is 15.6. The number of aryl methyl sites for hydroxylation is 1. The maximum atomic E-state index is 12.4. The van der Waals surface area contributed by atoms with Gasteiger partial charge in [-0.3, -0.25) is 4.79 Å². The molecule has 1 aliphatic heterocycles. The molecule has 1 aromatic rings. The van der Waals surface area contributed by atoms with E-state index in [9.17, 15) is 9.59 Å². The van der Waals surface area contributed by atoms with Gasteiger partial charge in [0.1, 0.15) is 0 Å². The summed E-state index contributed by atoms with van der Waals surface area (Å²) in [4.78, 5) is 28.2. The Labute approximate surface area is 151 Å². The summed E-state index contributed by atoms with van der Waals surface area (Å²) in [5.74, 6) is 0.142. The number of hydrogen-bond donors (Lipinski definition) is 1. The topological polar surface area (TPSA) is 52.7 Å². The fourth-order valence-electron chi connectivity index (χ4n) is 3.01. The van der Waals surface area contributed by atoms with E-state index in [1.165, 1.54) is 18.4 Å². The van der Waals surface area contributed by atoms with Gasteiger partial charge in [0.25, 0.3) is 0 Å². The van der Waals surface area contributed by atoms with E-state index in [-0.39, 0.29) is 11.9 Å². The Bertz CT molecular complexity index is 549. The van der Waals surface area contributed by atoms with Gasteiger partial charge in [0.15, 0.2) is 0 Å². The van der Waals surface area contributed by atoms with E-state index < -0.39 is 0 Å². The Morgan fingerprint density at radius 1 is 0.960 bits per heavy atom. The van der Waals surface area contributed by atoms with Crippen molar-refractivity contribution in [2.75, 3.05) is 32.7 Å². The lowest BCUT2D eigenvalue weighted by molar-refractivity contribution is -0.131. The standard InChI is InChI=1S/C20H31N3O2/c1-3-4-5-6-11-21-20(25)23-14-12-22(13-15-23)19(24)16-18-9-7-17(2)8-10-18/h7-10H,3-6,11-16H2,1-2H3,(H,21,25). The number of hydrogen-bond acceptors (Lipinski definition) is 2. The molecular weight excluding hydrogens is 314 g/mol. The van der Waals surface area contributed by atoms with Crippen molar-refractivity contribution in [1.29, 1.82) is 0 Å². The van der Waals surface area contributed by atoms with Crippen molar-refractivity contribution in [3.8, 4) is 0 Å². The zero-order valence-electron chi connectivity index (χ0n) is 15.6. The maximum absolute atomic E-state index is 12.4. The molecule has 1 N–H and O–H groups in total. The zero-order chi connectivity index (χ0) is 18.1. The van der Waals surface area contributed by atoms with Gasteiger partial charge in [-0.25, -0.2) is 4.79 Å². The molecule has 1 saturated heterocycles. The highest BCUT2D eigenvalue weighted by Gasteiger charge is 2.23. The number of urea groups is 1. The van der Waals surface area contributed by atoms with Gasteiger partial charge in [-0.2, -0.15) is 0 Å². The first-order valence-electron chi connectivity index (χ1n) is 9.46. The quantitative estimate of drug-likeness (QED) is 0.773. The second-order valence-corrected chi connectivity index (χ2v) is 6.82. The number of rotatable bonds is 7. The molecule has 2 rings (SSSR count). The van der Waals surface area contributed by atoms with Crippen LogP contribution in [0, 0.1) is 6.92 Å². The summed E-state index contributed by atoms with van der Waals surface area (Å²) in [6.07, 6.45) is 5.06. The number of piperazine rings is 1. The predicted molar refractivity (Wildman–Crippen MR) is 101 cm³/mol. The molecule has 3 amide bonds. The van der Waals surface area contributed by atoms with Crippen molar-refractivity contribution in [3.63, 3.8) is 0 Å². The predicted octanol–water partition coefficient (Wildman–Crippen LogP) is 2.97. The lowest BCUT2D eigenvalue weighted by Gasteiger charge is -2.34. The van der Waals surface area contributed by atoms with Crippen molar-refractivity contribution in [2.45, 2.75) is 46.0 Å². The van der Waals surface area contributed by atoms with Crippen molar-refractivity contribution in [2.24, 2.45) is 0 Å². The van der Waals surface area contributed by atoms with Crippen LogP contribution in [-0.2, 0) is 11.2 Å². The second kappa shape index (κ2) is 10.1. The summed E-state index contributed by atoms with van der Waals surface area (Å²) in [5.41, 5.74) is 2.24. The smallest absolute Gasteiger partial charge is 0.317 e. The Kier molecular flexibility index (Phi) is 7.76. The molecule has 0 bridgehead atoms. The third-order valence-corrected chi connectivity index (χ3v) is 4.70. The van der Waals surface area contributed by atoms with Crippen molar-refractivity contribution < 1.29 is 9.59 Å². The molecule has 0 saturated carbocycles. The molecule has 0 aliphatic carbocycles. The number of amides is 3. The third-order valence-electron chi connectivity index (χ3n) is 4.70. The summed E-state index contributed by atoms with van der Waals surface area (Å²) in [6, 6.07) is 8.09. The van der Waals surface area contributed by atoms with E-state index in [4.69, 9.17) is 0 Å². The van der Waals surface area contributed by atoms with Gasteiger partial charge in [0.2, 0.25) is 5.91 Å². The average Bonchev–Trinajstić information content (AvgIpc) is 2.63. The number of benzene rings is 1. The van der Waals surface area contributed by atoms with Crippen LogP contribution < -0.4 is 5.32 Å². The fourth-order valence-corrected chi connectivity index (χ4v) is 3.01. The minimum atomic E-state index is 0.00197. The van der Waals surface area contributed by atoms with E-state index in [1.807, 2.05) is 41.0 Å². The van der Waals surface area contributed by atoms with Crippen LogP contribution in [0.5, 0.6) is 0 Å². The second-order valence-electron chi connectivity index (χ2n) is 6.82. The largest absolute Gasteiger partial charge is 0.339 e. The Morgan fingerprint density at radius 2 is 1.60 bits per heavy atom. The molecule has 25 heavy (non-hydrogen) atoms. The molecule has 0 spiro atoms. The van der Waals surface area contributed by atoms with Crippen LogP contribution in [0.25, 0.3) is 0 Å². The first-order valence-corrected chi connectivity index (χ1v) is 9.46. The molecule has 0 atom stereocenters. The Balaban J connectivity index is 1.68. The van der Waals surface area contributed by atoms with Crippen LogP contribution in [0.4, 0.5) is 4.79 Å². The van der Waals surface area contributed by atoms with Crippen molar-refractivity contribution in [3.05, 3.63) is 35.4 Å². The van der Waals surface area contributed by atoms with Gasteiger partial charge in [-0.05, 0) is 18.9 Å². The Hall–Kier alpha value is -2.04. The van der Waals surface area contributed by atoms with Crippen LogP contribution in [0.2, 0.25) is 0 Å². The van der Waals surface area contributed by atoms with Crippen molar-refractivity contribution in [1.82, 2.24) is 15.1 Å². The Morgan fingerprint density at radius 3 is 2.24 bits per heavy atom. The molecule has 1 fully saturated rings. The molecule has 138 valence electrons. The van der Waals surface area contributed by atoms with Gasteiger partial charge in [0.05, 0.1) is 6.42 Å². The number of carbonyl (C=O) groups is 2. The van der Waals surface area contributed by atoms with Crippen LogP contribution in [0.15, 0.2) is 24.3 Å². The van der Waals surface area contributed by atoms with E-state index in [0.717, 1.165) is 24.9 Å². The molecule has 0 radical (unpaired) electrons. The van der Waals surface area contributed by atoms with Gasteiger partial charge in [-0.1, -0.05) is 56.0 Å². The first kappa shape index (κ1) is 19.3. The average molecular weight is 345 g/mol. The molecule has 0 unspecified atom stereocenters. The highest BCUT2D eigenvalue weighted by atomic mass is 16.2. The van der Waals surface area contributed by atoms with Crippen molar-refractivity contribution >= 4 is 11.9 Å². The normalized spacial score (nSPS) is 14.5. The van der Waals surface area contributed by atoms with E-state index in [1.54, 1.807) is 0 Å². The SMILES string of the molecule is CCCCCCNC(=O)N1CCN(C(=O)Cc2ccc(C)cc2)CC1. The lowest BCUT2D eigenvalue weighted by Crippen LogP contribution is -2.53. The molecule has 5 nitrogen and oxygen atoms in total. The number of carbonyl (C=O) groups excluding carboxylic acids is 2. The number of nitrogens with one attached hydrogen (secondary N) is 1. The highest BCUT2D eigenvalue weighted by molar-refractivity contribution is 5.79.